The van der Waals surface area contributed by atoms with Crippen LogP contribution in [0, 0.1) is 11.8 Å². The highest BCUT2D eigenvalue weighted by Gasteiger charge is 2.72. The van der Waals surface area contributed by atoms with Crippen LogP contribution in [0.2, 0.25) is 10.0 Å². The van der Waals surface area contributed by atoms with Crippen molar-refractivity contribution < 1.29 is 19.1 Å². The largest absolute Gasteiger partial charge is 0.461 e. The average molecular weight is 575 g/mol. The zero-order valence-corrected chi connectivity index (χ0v) is 22.2. The minimum atomic E-state index is -1.25. The van der Waals surface area contributed by atoms with Gasteiger partial charge in [-0.3, -0.25) is 19.3 Å². The summed E-state index contributed by atoms with van der Waals surface area (Å²) in [6, 6.07) is 19.8. The molecule has 188 valence electrons. The maximum Gasteiger partial charge on any atom is 0.307 e. The van der Waals surface area contributed by atoms with E-state index < -0.39 is 39.4 Å². The number of hydrogen-bond acceptors (Lipinski definition) is 4. The van der Waals surface area contributed by atoms with Gasteiger partial charge >= 0.3 is 5.97 Å². The molecule has 3 aromatic rings. The van der Waals surface area contributed by atoms with Crippen molar-refractivity contribution in [3.8, 4) is 0 Å². The standard InChI is InChI=1S/C28H19Cl4NO4/c29-20-10-9-15(13-21(20)30)14-37-22(34)11-12-33-25(35)23-24(26(33)36)28(32)17-6-2-1-5-16(17)27(23,31)18-7-3-4-8-19(18)28/h1-10,13,23-24H,11-12,14H2/t23-,24-,27?,28?/m0/s1. The quantitative estimate of drug-likeness (QED) is 0.212. The van der Waals surface area contributed by atoms with Crippen molar-refractivity contribution >= 4 is 64.2 Å². The third-order valence-electron chi connectivity index (χ3n) is 7.60. The van der Waals surface area contributed by atoms with Crippen molar-refractivity contribution in [2.45, 2.75) is 22.8 Å². The molecule has 0 unspecified atom stereocenters. The second-order valence-electron chi connectivity index (χ2n) is 9.46. The molecule has 3 aromatic carbocycles. The molecule has 0 N–H and O–H groups in total. The van der Waals surface area contributed by atoms with Gasteiger partial charge in [-0.25, -0.2) is 0 Å². The molecule has 0 saturated carbocycles. The molecule has 1 saturated heterocycles. The fraction of sp³-hybridized carbons (Fsp3) is 0.250. The number of halogens is 4. The van der Waals surface area contributed by atoms with Crippen molar-refractivity contribution in [3.63, 3.8) is 0 Å². The second kappa shape index (κ2) is 8.74. The third kappa shape index (κ3) is 3.41. The number of benzene rings is 3. The normalized spacial score (nSPS) is 27.1. The van der Waals surface area contributed by atoms with Crippen LogP contribution in [-0.4, -0.2) is 29.2 Å². The van der Waals surface area contributed by atoms with Gasteiger partial charge in [0.2, 0.25) is 11.8 Å². The Kier molecular flexibility index (Phi) is 5.85. The predicted octanol–water partition coefficient (Wildman–Crippen LogP) is 6.02. The van der Waals surface area contributed by atoms with Gasteiger partial charge in [-0.15, -0.1) is 23.2 Å². The Bertz CT molecular complexity index is 1370. The third-order valence-corrected chi connectivity index (χ3v) is 9.62. The molecule has 2 amide bonds. The van der Waals surface area contributed by atoms with Crippen LogP contribution in [0.1, 0.15) is 34.2 Å². The van der Waals surface area contributed by atoms with Crippen LogP contribution in [-0.2, 0) is 35.5 Å². The molecule has 0 spiro atoms. The highest BCUT2D eigenvalue weighted by atomic mass is 35.5. The number of alkyl halides is 2. The number of amides is 2. The molecule has 2 atom stereocenters. The number of ether oxygens (including phenoxy) is 1. The maximum absolute atomic E-state index is 13.8. The molecule has 0 radical (unpaired) electrons. The Hall–Kier alpha value is -2.57. The lowest BCUT2D eigenvalue weighted by Crippen LogP contribution is -2.57. The molecule has 3 aliphatic carbocycles. The zero-order valence-electron chi connectivity index (χ0n) is 19.2. The maximum atomic E-state index is 13.8. The lowest BCUT2D eigenvalue weighted by atomic mass is 9.54. The van der Waals surface area contributed by atoms with Crippen LogP contribution < -0.4 is 0 Å². The van der Waals surface area contributed by atoms with Crippen LogP contribution in [0.5, 0.6) is 0 Å². The fourth-order valence-corrected chi connectivity index (χ4v) is 7.43. The Morgan fingerprint density at radius 3 is 1.73 bits per heavy atom. The number of esters is 1. The van der Waals surface area contributed by atoms with Crippen LogP contribution in [0.3, 0.4) is 0 Å². The van der Waals surface area contributed by atoms with Gasteiger partial charge in [0.15, 0.2) is 0 Å². The van der Waals surface area contributed by atoms with Gasteiger partial charge in [0.1, 0.15) is 16.4 Å². The average Bonchev–Trinajstić information content (AvgIpc) is 3.17. The van der Waals surface area contributed by atoms with E-state index in [1.54, 1.807) is 18.2 Å². The lowest BCUT2D eigenvalue weighted by molar-refractivity contribution is -0.146. The molecule has 4 aliphatic rings. The van der Waals surface area contributed by atoms with Crippen LogP contribution >= 0.6 is 46.4 Å². The number of likely N-dealkylation sites (tertiary alicyclic amines) is 1. The minimum absolute atomic E-state index is 0.0108. The topological polar surface area (TPSA) is 63.7 Å². The molecule has 1 heterocycles. The summed E-state index contributed by atoms with van der Waals surface area (Å²) in [6.07, 6.45) is -0.164. The molecule has 2 bridgehead atoms. The highest BCUT2D eigenvalue weighted by molar-refractivity contribution is 6.42. The van der Waals surface area contributed by atoms with E-state index in [9.17, 15) is 14.4 Å². The van der Waals surface area contributed by atoms with Gasteiger partial charge < -0.3 is 4.74 Å². The number of carbonyl (C=O) groups is 3. The Balaban J connectivity index is 1.27. The van der Waals surface area contributed by atoms with Gasteiger partial charge in [0.05, 0.1) is 28.3 Å². The van der Waals surface area contributed by atoms with E-state index in [4.69, 9.17) is 51.1 Å². The summed E-state index contributed by atoms with van der Waals surface area (Å²) >= 11 is 26.7. The van der Waals surface area contributed by atoms with E-state index in [0.717, 1.165) is 27.2 Å². The first-order valence-corrected chi connectivity index (χ1v) is 13.2. The SMILES string of the molecule is O=C(CCN1C(=O)[C@@H]2[C@@H](C1=O)C1(Cl)c3ccccc3C2(Cl)c2ccccc21)OCc1ccc(Cl)c(Cl)c1. The molecule has 7 rings (SSSR count). The Morgan fingerprint density at radius 2 is 1.27 bits per heavy atom. The molecule has 1 aliphatic heterocycles. The van der Waals surface area contributed by atoms with E-state index in [0.29, 0.717) is 15.6 Å². The zero-order chi connectivity index (χ0) is 26.1. The van der Waals surface area contributed by atoms with E-state index >= 15 is 0 Å². The van der Waals surface area contributed by atoms with Crippen LogP contribution in [0.15, 0.2) is 66.7 Å². The van der Waals surface area contributed by atoms with Crippen molar-refractivity contribution in [2.24, 2.45) is 11.8 Å². The minimum Gasteiger partial charge on any atom is -0.461 e. The first-order chi connectivity index (χ1) is 17.7. The predicted molar refractivity (Wildman–Crippen MR) is 141 cm³/mol. The number of nitrogens with zero attached hydrogens (tertiary/aromatic N) is 1. The molecule has 5 nitrogen and oxygen atoms in total. The first kappa shape index (κ1) is 24.7. The lowest BCUT2D eigenvalue weighted by Gasteiger charge is -2.54. The number of imide groups is 1. The van der Waals surface area contributed by atoms with E-state index in [1.165, 1.54) is 0 Å². The number of carbonyl (C=O) groups excluding carboxylic acids is 3. The van der Waals surface area contributed by atoms with Gasteiger partial charge in [-0.2, -0.15) is 0 Å². The molecule has 1 fully saturated rings. The van der Waals surface area contributed by atoms with Crippen molar-refractivity contribution in [1.29, 1.82) is 0 Å². The molecular formula is C28H19Cl4NO4. The summed E-state index contributed by atoms with van der Waals surface area (Å²) in [6.45, 7) is -0.138. The Morgan fingerprint density at radius 1 is 0.784 bits per heavy atom. The Labute approximate surface area is 233 Å². The summed E-state index contributed by atoms with van der Waals surface area (Å²) in [5.41, 5.74) is 3.60. The summed E-state index contributed by atoms with van der Waals surface area (Å²) in [5.74, 6) is -3.21. The van der Waals surface area contributed by atoms with Gasteiger partial charge in [-0.05, 0) is 39.9 Å². The fourth-order valence-electron chi connectivity index (χ4n) is 6.01. The molecular weight excluding hydrogens is 556 g/mol. The summed E-state index contributed by atoms with van der Waals surface area (Å²) in [5, 5.41) is 0.754. The summed E-state index contributed by atoms with van der Waals surface area (Å²) in [4.78, 5) is 38.6. The van der Waals surface area contributed by atoms with Crippen molar-refractivity contribution in [2.75, 3.05) is 6.54 Å². The van der Waals surface area contributed by atoms with E-state index in [-0.39, 0.29) is 19.6 Å². The van der Waals surface area contributed by atoms with Crippen LogP contribution in [0.25, 0.3) is 0 Å². The molecule has 37 heavy (non-hydrogen) atoms. The van der Waals surface area contributed by atoms with Crippen molar-refractivity contribution in [3.05, 3.63) is 105 Å². The summed E-state index contributed by atoms with van der Waals surface area (Å²) < 4.78 is 5.33. The van der Waals surface area contributed by atoms with Gasteiger partial charge in [0, 0.05) is 6.54 Å². The molecule has 0 aromatic heterocycles. The second-order valence-corrected chi connectivity index (χ2v) is 11.5. The highest BCUT2D eigenvalue weighted by Crippen LogP contribution is 2.69. The first-order valence-electron chi connectivity index (χ1n) is 11.7. The van der Waals surface area contributed by atoms with E-state index in [2.05, 4.69) is 0 Å². The van der Waals surface area contributed by atoms with Gasteiger partial charge in [0.25, 0.3) is 0 Å². The van der Waals surface area contributed by atoms with Crippen LogP contribution in [0.4, 0.5) is 0 Å². The number of rotatable bonds is 5. The smallest absolute Gasteiger partial charge is 0.307 e. The summed E-state index contributed by atoms with van der Waals surface area (Å²) in [7, 11) is 0. The number of hydrogen-bond donors (Lipinski definition) is 0. The van der Waals surface area contributed by atoms with Gasteiger partial charge in [-0.1, -0.05) is 77.8 Å². The van der Waals surface area contributed by atoms with Crippen molar-refractivity contribution in [1.82, 2.24) is 4.90 Å². The molecule has 9 heteroatoms. The van der Waals surface area contributed by atoms with E-state index in [1.807, 2.05) is 48.5 Å². The monoisotopic (exact) mass is 573 g/mol.